The molecule has 0 bridgehead atoms. The fraction of sp³-hybridized carbons (Fsp3) is 0.333. The first-order valence-electron chi connectivity index (χ1n) is 11.3. The van der Waals surface area contributed by atoms with Crippen LogP contribution in [0.3, 0.4) is 0 Å². The van der Waals surface area contributed by atoms with Crippen molar-refractivity contribution in [1.82, 2.24) is 10.2 Å². The number of fused-ring (bicyclic) bond motifs is 1. The highest BCUT2D eigenvalue weighted by atomic mass is 19.3. The molecule has 0 spiro atoms. The van der Waals surface area contributed by atoms with Gasteiger partial charge < -0.3 is 14.8 Å². The van der Waals surface area contributed by atoms with Crippen molar-refractivity contribution in [3.63, 3.8) is 0 Å². The Bertz CT molecular complexity index is 1300. The van der Waals surface area contributed by atoms with Gasteiger partial charge in [0, 0.05) is 25.1 Å². The van der Waals surface area contributed by atoms with E-state index in [-0.39, 0.29) is 19.5 Å². The number of hydrogen-bond donors (Lipinski definition) is 1. The Balaban J connectivity index is 1.73. The van der Waals surface area contributed by atoms with Gasteiger partial charge in [-0.15, -0.1) is 0 Å². The molecule has 6 nitrogen and oxygen atoms in total. The van der Waals surface area contributed by atoms with Crippen LogP contribution < -0.4 is 14.8 Å². The second-order valence-electron chi connectivity index (χ2n) is 8.78. The molecule has 0 aromatic heterocycles. The van der Waals surface area contributed by atoms with E-state index in [9.17, 15) is 18.8 Å². The summed E-state index contributed by atoms with van der Waals surface area (Å²) in [6.45, 7) is 1.26. The van der Waals surface area contributed by atoms with Gasteiger partial charge in [0.1, 0.15) is 23.1 Å². The highest BCUT2D eigenvalue weighted by Gasteiger charge is 2.50. The average Bonchev–Trinajstić information content (AvgIpc) is 3.25. The Morgan fingerprint density at radius 3 is 2.60 bits per heavy atom. The number of hydrogen-bond acceptors (Lipinski definition) is 5. The second kappa shape index (κ2) is 9.51. The number of halogens is 2. The lowest BCUT2D eigenvalue weighted by Gasteiger charge is -2.38. The molecule has 0 aliphatic carbocycles. The van der Waals surface area contributed by atoms with Crippen LogP contribution in [0.2, 0.25) is 0 Å². The number of amides is 1. The van der Waals surface area contributed by atoms with E-state index in [1.54, 1.807) is 37.3 Å². The van der Waals surface area contributed by atoms with Gasteiger partial charge in [0.15, 0.2) is 0 Å². The molecule has 1 heterocycles. The Morgan fingerprint density at radius 1 is 1.17 bits per heavy atom. The van der Waals surface area contributed by atoms with Crippen LogP contribution in [-0.4, -0.2) is 44.0 Å². The molecular weight excluding hydrogens is 452 g/mol. The van der Waals surface area contributed by atoms with Crippen LogP contribution in [0.5, 0.6) is 11.5 Å². The predicted octanol–water partition coefficient (Wildman–Crippen LogP) is 4.60. The van der Waals surface area contributed by atoms with E-state index in [0.717, 1.165) is 10.8 Å². The molecule has 8 heteroatoms. The number of alkyl halides is 2. The first kappa shape index (κ1) is 24.4. The van der Waals surface area contributed by atoms with Gasteiger partial charge in [-0.25, -0.2) is 8.78 Å². The van der Waals surface area contributed by atoms with Gasteiger partial charge in [-0.3, -0.25) is 9.69 Å². The Labute approximate surface area is 203 Å². The third-order valence-electron chi connectivity index (χ3n) is 6.73. The standard InChI is InChI=1S/C27H27F2N3O3/c1-26(32-12-11-27(28,29)17-32,20-8-6-9-21(14-20)34-2)25(33)31-16-23-22-10-5-4-7-18(22)13-19(15-30)24(23)35-3/h4-10,13-14H,11-12,16-17H2,1-3H3,(H,31,33). The highest BCUT2D eigenvalue weighted by Crippen LogP contribution is 2.39. The van der Waals surface area contributed by atoms with Crippen molar-refractivity contribution in [3.05, 3.63) is 71.3 Å². The summed E-state index contributed by atoms with van der Waals surface area (Å²) in [5, 5.41) is 14.2. The number of carbonyl (C=O) groups excluding carboxylic acids is 1. The molecule has 1 aliphatic rings. The maximum Gasteiger partial charge on any atom is 0.261 e. The van der Waals surface area contributed by atoms with Crippen LogP contribution in [0.15, 0.2) is 54.6 Å². The molecule has 35 heavy (non-hydrogen) atoms. The van der Waals surface area contributed by atoms with Crippen LogP contribution in [0.25, 0.3) is 10.8 Å². The number of likely N-dealkylation sites (tertiary alicyclic amines) is 1. The monoisotopic (exact) mass is 479 g/mol. The topological polar surface area (TPSA) is 74.6 Å². The molecule has 1 unspecified atom stereocenters. The molecule has 1 aliphatic heterocycles. The maximum atomic E-state index is 14.2. The quantitative estimate of drug-likeness (QED) is 0.536. The zero-order valence-electron chi connectivity index (χ0n) is 19.9. The van der Waals surface area contributed by atoms with E-state index >= 15 is 0 Å². The number of nitrogens with one attached hydrogen (secondary N) is 1. The third-order valence-corrected chi connectivity index (χ3v) is 6.73. The van der Waals surface area contributed by atoms with Gasteiger partial charge in [0.25, 0.3) is 5.92 Å². The van der Waals surface area contributed by atoms with E-state index in [2.05, 4.69) is 11.4 Å². The summed E-state index contributed by atoms with van der Waals surface area (Å²) in [6.07, 6.45) is -0.317. The minimum Gasteiger partial charge on any atom is -0.497 e. The van der Waals surface area contributed by atoms with Crippen molar-refractivity contribution in [2.45, 2.75) is 31.4 Å². The largest absolute Gasteiger partial charge is 0.497 e. The number of rotatable bonds is 7. The maximum absolute atomic E-state index is 14.2. The summed E-state index contributed by atoms with van der Waals surface area (Å²) in [5.41, 5.74) is 0.180. The number of methoxy groups -OCH3 is 2. The Hall–Kier alpha value is -3.70. The van der Waals surface area contributed by atoms with Crippen LogP contribution in [0, 0.1) is 11.3 Å². The summed E-state index contributed by atoms with van der Waals surface area (Å²) in [6, 6.07) is 18.3. The van der Waals surface area contributed by atoms with Crippen LogP contribution in [0.1, 0.15) is 30.0 Å². The Kier molecular flexibility index (Phi) is 6.64. The second-order valence-corrected chi connectivity index (χ2v) is 8.78. The van der Waals surface area contributed by atoms with E-state index in [4.69, 9.17) is 9.47 Å². The molecule has 3 aromatic carbocycles. The third kappa shape index (κ3) is 4.52. The molecule has 1 atom stereocenters. The summed E-state index contributed by atoms with van der Waals surface area (Å²) in [4.78, 5) is 15.3. The first-order valence-corrected chi connectivity index (χ1v) is 11.3. The van der Waals surface area contributed by atoms with Gasteiger partial charge in [0.2, 0.25) is 5.91 Å². The van der Waals surface area contributed by atoms with Gasteiger partial charge in [-0.05, 0) is 41.5 Å². The van der Waals surface area contributed by atoms with E-state index < -0.39 is 23.9 Å². The minimum atomic E-state index is -2.87. The van der Waals surface area contributed by atoms with Crippen molar-refractivity contribution < 1.29 is 23.0 Å². The fourth-order valence-corrected chi connectivity index (χ4v) is 4.74. The average molecular weight is 480 g/mol. The van der Waals surface area contributed by atoms with Gasteiger partial charge in [0.05, 0.1) is 26.3 Å². The lowest BCUT2D eigenvalue weighted by Crippen LogP contribution is -2.54. The van der Waals surface area contributed by atoms with Crippen molar-refractivity contribution in [3.8, 4) is 17.6 Å². The number of nitriles is 1. The van der Waals surface area contributed by atoms with Crippen LogP contribution in [-0.2, 0) is 16.9 Å². The molecule has 1 saturated heterocycles. The smallest absolute Gasteiger partial charge is 0.261 e. The molecule has 1 fully saturated rings. The molecule has 1 N–H and O–H groups in total. The van der Waals surface area contributed by atoms with E-state index in [1.807, 2.05) is 24.3 Å². The molecular formula is C27H27F2N3O3. The van der Waals surface area contributed by atoms with Crippen LogP contribution >= 0.6 is 0 Å². The molecule has 1 amide bonds. The molecule has 0 radical (unpaired) electrons. The SMILES string of the molecule is COc1cccc(C(C)(C(=O)NCc2c(OC)c(C#N)cc3ccccc23)N2CCC(F)(F)C2)c1. The normalized spacial score (nSPS) is 16.9. The van der Waals surface area contributed by atoms with E-state index in [0.29, 0.717) is 28.2 Å². The number of benzene rings is 3. The summed E-state index contributed by atoms with van der Waals surface area (Å²) in [5.74, 6) is -2.40. The summed E-state index contributed by atoms with van der Waals surface area (Å²) in [7, 11) is 2.99. The number of carbonyl (C=O) groups is 1. The summed E-state index contributed by atoms with van der Waals surface area (Å²) < 4.78 is 39.3. The number of nitrogens with zero attached hydrogens (tertiary/aromatic N) is 2. The first-order chi connectivity index (χ1) is 16.7. The van der Waals surface area contributed by atoms with Crippen molar-refractivity contribution in [1.29, 1.82) is 5.26 Å². The van der Waals surface area contributed by atoms with Gasteiger partial charge in [-0.1, -0.05) is 36.4 Å². The molecule has 3 aromatic rings. The number of ether oxygens (including phenoxy) is 2. The lowest BCUT2D eigenvalue weighted by molar-refractivity contribution is -0.133. The fourth-order valence-electron chi connectivity index (χ4n) is 4.74. The van der Waals surface area contributed by atoms with Gasteiger partial charge in [-0.2, -0.15) is 5.26 Å². The molecule has 0 saturated carbocycles. The predicted molar refractivity (Wildman–Crippen MR) is 129 cm³/mol. The van der Waals surface area contributed by atoms with Crippen molar-refractivity contribution in [2.24, 2.45) is 0 Å². The Morgan fingerprint density at radius 2 is 1.94 bits per heavy atom. The zero-order valence-corrected chi connectivity index (χ0v) is 19.9. The molecule has 182 valence electrons. The van der Waals surface area contributed by atoms with Gasteiger partial charge >= 0.3 is 0 Å². The van der Waals surface area contributed by atoms with Crippen LogP contribution in [0.4, 0.5) is 8.78 Å². The van der Waals surface area contributed by atoms with E-state index in [1.165, 1.54) is 19.1 Å². The van der Waals surface area contributed by atoms with Crippen molar-refractivity contribution in [2.75, 3.05) is 27.3 Å². The highest BCUT2D eigenvalue weighted by molar-refractivity contribution is 5.91. The molecule has 4 rings (SSSR count). The summed E-state index contributed by atoms with van der Waals surface area (Å²) >= 11 is 0. The minimum absolute atomic E-state index is 0.0574. The van der Waals surface area contributed by atoms with Crippen molar-refractivity contribution >= 4 is 16.7 Å². The lowest BCUT2D eigenvalue weighted by atomic mass is 9.88. The zero-order chi connectivity index (χ0) is 25.2.